The molecule has 1 aliphatic heterocycles. The zero-order chi connectivity index (χ0) is 9.26. The maximum absolute atomic E-state index is 5.54. The zero-order valence-corrected chi connectivity index (χ0v) is 8.28. The first-order valence-electron chi connectivity index (χ1n) is 3.68. The van der Waals surface area contributed by atoms with E-state index in [-0.39, 0.29) is 6.17 Å². The Kier molecular flexibility index (Phi) is 2.15. The van der Waals surface area contributed by atoms with Gasteiger partial charge in [0.25, 0.3) is 0 Å². The van der Waals surface area contributed by atoms with Crippen molar-refractivity contribution in [3.63, 3.8) is 0 Å². The van der Waals surface area contributed by atoms with Gasteiger partial charge < -0.3 is 16.4 Å². The molecule has 1 aromatic heterocycles. The Hall–Kier alpha value is -1.14. The number of thiophene rings is 1. The lowest BCUT2D eigenvalue weighted by Crippen LogP contribution is -2.49. The molecular formula is C7H8N4S2. The van der Waals surface area contributed by atoms with Crippen LogP contribution in [0.3, 0.4) is 0 Å². The maximum atomic E-state index is 5.54. The number of hydrogen-bond acceptors (Lipinski definition) is 4. The summed E-state index contributed by atoms with van der Waals surface area (Å²) in [5.74, 6) is 0.361. The number of nitrogens with one attached hydrogen (secondary N) is 2. The summed E-state index contributed by atoms with van der Waals surface area (Å²) in [6.07, 6.45) is -0.139. The van der Waals surface area contributed by atoms with Crippen LogP contribution >= 0.6 is 23.6 Å². The summed E-state index contributed by atoms with van der Waals surface area (Å²) < 4.78 is 0. The predicted octanol–water partition coefficient (Wildman–Crippen LogP) is 0.539. The van der Waals surface area contributed by atoms with Crippen molar-refractivity contribution in [3.8, 4) is 0 Å². The number of rotatable bonds is 1. The van der Waals surface area contributed by atoms with Gasteiger partial charge in [-0.3, -0.25) is 0 Å². The molecule has 0 spiro atoms. The number of thiocarbonyl (C=S) groups is 1. The van der Waals surface area contributed by atoms with E-state index in [1.165, 1.54) is 0 Å². The van der Waals surface area contributed by atoms with Crippen molar-refractivity contribution in [2.45, 2.75) is 6.17 Å². The van der Waals surface area contributed by atoms with Crippen LogP contribution < -0.4 is 16.4 Å². The van der Waals surface area contributed by atoms with Crippen LogP contribution in [0.4, 0.5) is 0 Å². The first-order chi connectivity index (χ1) is 6.25. The lowest BCUT2D eigenvalue weighted by molar-refractivity contribution is 0.662. The van der Waals surface area contributed by atoms with Gasteiger partial charge in [-0.2, -0.15) is 11.3 Å². The van der Waals surface area contributed by atoms with E-state index in [4.69, 9.17) is 18.0 Å². The van der Waals surface area contributed by atoms with E-state index >= 15 is 0 Å². The molecule has 0 radical (unpaired) electrons. The van der Waals surface area contributed by atoms with Gasteiger partial charge in [-0.25, -0.2) is 4.99 Å². The number of aliphatic imine (C=N–C) groups is 1. The van der Waals surface area contributed by atoms with Crippen molar-refractivity contribution in [2.75, 3.05) is 0 Å². The van der Waals surface area contributed by atoms with E-state index in [1.54, 1.807) is 11.3 Å². The molecule has 0 amide bonds. The van der Waals surface area contributed by atoms with Gasteiger partial charge in [0.05, 0.1) is 0 Å². The van der Waals surface area contributed by atoms with Crippen LogP contribution in [-0.2, 0) is 0 Å². The summed E-state index contributed by atoms with van der Waals surface area (Å²) in [6.45, 7) is 0. The third-order valence-corrected chi connectivity index (χ3v) is 2.56. The van der Waals surface area contributed by atoms with Gasteiger partial charge in [0, 0.05) is 5.56 Å². The standard InChI is InChI=1S/C7H8N4S2/c8-6-9-5(10-7(12)11-6)4-1-2-13-3-4/h1-3,5H,(H4,8,9,10,11,12). The van der Waals surface area contributed by atoms with Gasteiger partial charge in [-0.15, -0.1) is 0 Å². The fraction of sp³-hybridized carbons (Fsp3) is 0.143. The Morgan fingerprint density at radius 1 is 1.62 bits per heavy atom. The SMILES string of the molecule is NC1=NC(c2ccsc2)NC(=S)N1. The molecule has 1 unspecified atom stereocenters. The second-order valence-electron chi connectivity index (χ2n) is 2.57. The van der Waals surface area contributed by atoms with Crippen LogP contribution in [-0.4, -0.2) is 11.1 Å². The Balaban J connectivity index is 2.25. The Bertz CT molecular complexity index is 343. The smallest absolute Gasteiger partial charge is 0.197 e. The summed E-state index contributed by atoms with van der Waals surface area (Å²) in [4.78, 5) is 4.17. The summed E-state index contributed by atoms with van der Waals surface area (Å²) >= 11 is 6.58. The minimum absolute atomic E-state index is 0.139. The molecule has 0 bridgehead atoms. The first-order valence-corrected chi connectivity index (χ1v) is 5.04. The number of hydrogen-bond donors (Lipinski definition) is 3. The van der Waals surface area contributed by atoms with Gasteiger partial charge in [-0.1, -0.05) is 0 Å². The molecule has 1 aliphatic rings. The molecule has 1 atom stereocenters. The van der Waals surface area contributed by atoms with Gasteiger partial charge in [-0.05, 0) is 29.0 Å². The van der Waals surface area contributed by atoms with Crippen molar-refractivity contribution in [3.05, 3.63) is 22.4 Å². The monoisotopic (exact) mass is 212 g/mol. The van der Waals surface area contributed by atoms with E-state index in [0.717, 1.165) is 5.56 Å². The maximum Gasteiger partial charge on any atom is 0.197 e. The zero-order valence-electron chi connectivity index (χ0n) is 6.65. The minimum atomic E-state index is -0.139. The van der Waals surface area contributed by atoms with Crippen molar-refractivity contribution in [1.82, 2.24) is 10.6 Å². The topological polar surface area (TPSA) is 62.4 Å². The number of guanidine groups is 1. The summed E-state index contributed by atoms with van der Waals surface area (Å²) in [5.41, 5.74) is 6.62. The van der Waals surface area contributed by atoms with E-state index in [1.807, 2.05) is 16.8 Å². The molecule has 2 rings (SSSR count). The van der Waals surface area contributed by atoms with E-state index < -0.39 is 0 Å². The second kappa shape index (κ2) is 3.31. The molecule has 0 saturated heterocycles. The number of nitrogens with two attached hydrogens (primary N) is 1. The summed E-state index contributed by atoms with van der Waals surface area (Å²) in [6, 6.07) is 1.99. The van der Waals surface area contributed by atoms with Gasteiger partial charge in [0.2, 0.25) is 0 Å². The largest absolute Gasteiger partial charge is 0.370 e. The van der Waals surface area contributed by atoms with Crippen molar-refractivity contribution in [2.24, 2.45) is 10.7 Å². The van der Waals surface area contributed by atoms with Crippen LogP contribution in [0.5, 0.6) is 0 Å². The van der Waals surface area contributed by atoms with Crippen molar-refractivity contribution < 1.29 is 0 Å². The second-order valence-corrected chi connectivity index (χ2v) is 3.76. The van der Waals surface area contributed by atoms with E-state index in [9.17, 15) is 0 Å². The highest BCUT2D eigenvalue weighted by molar-refractivity contribution is 7.80. The van der Waals surface area contributed by atoms with E-state index in [0.29, 0.717) is 11.1 Å². The quantitative estimate of drug-likeness (QED) is 0.595. The molecule has 1 aromatic rings. The Labute approximate surface area is 84.9 Å². The molecule has 0 fully saturated rings. The molecule has 6 heteroatoms. The predicted molar refractivity (Wildman–Crippen MR) is 57.6 cm³/mol. The molecule has 0 aliphatic carbocycles. The highest BCUT2D eigenvalue weighted by Gasteiger charge is 2.16. The van der Waals surface area contributed by atoms with Crippen molar-refractivity contribution >= 4 is 34.6 Å². The number of nitrogens with zero attached hydrogens (tertiary/aromatic N) is 1. The third kappa shape index (κ3) is 1.78. The summed E-state index contributed by atoms with van der Waals surface area (Å²) in [5, 5.41) is 10.3. The Morgan fingerprint density at radius 3 is 3.08 bits per heavy atom. The molecule has 13 heavy (non-hydrogen) atoms. The molecule has 4 N–H and O–H groups in total. The van der Waals surface area contributed by atoms with E-state index in [2.05, 4.69) is 15.6 Å². The average Bonchev–Trinajstić information content (AvgIpc) is 2.53. The summed E-state index contributed by atoms with van der Waals surface area (Å²) in [7, 11) is 0. The molecule has 0 saturated carbocycles. The minimum Gasteiger partial charge on any atom is -0.370 e. The molecule has 4 nitrogen and oxygen atoms in total. The normalized spacial score (nSPS) is 21.7. The van der Waals surface area contributed by atoms with Crippen LogP contribution in [0.2, 0.25) is 0 Å². The van der Waals surface area contributed by atoms with Crippen LogP contribution in [0.15, 0.2) is 21.8 Å². The lowest BCUT2D eigenvalue weighted by atomic mass is 10.3. The fourth-order valence-electron chi connectivity index (χ4n) is 1.07. The molecular weight excluding hydrogens is 204 g/mol. The molecule has 68 valence electrons. The highest BCUT2D eigenvalue weighted by Crippen LogP contribution is 2.18. The molecule has 0 aromatic carbocycles. The fourth-order valence-corrected chi connectivity index (χ4v) is 1.96. The third-order valence-electron chi connectivity index (χ3n) is 1.64. The highest BCUT2D eigenvalue weighted by atomic mass is 32.1. The van der Waals surface area contributed by atoms with Crippen LogP contribution in [0.1, 0.15) is 11.7 Å². The Morgan fingerprint density at radius 2 is 2.46 bits per heavy atom. The van der Waals surface area contributed by atoms with Gasteiger partial charge >= 0.3 is 0 Å². The average molecular weight is 212 g/mol. The van der Waals surface area contributed by atoms with Gasteiger partial charge in [0.1, 0.15) is 0 Å². The molecule has 2 heterocycles. The van der Waals surface area contributed by atoms with Crippen LogP contribution in [0.25, 0.3) is 0 Å². The van der Waals surface area contributed by atoms with Gasteiger partial charge in [0.15, 0.2) is 17.2 Å². The lowest BCUT2D eigenvalue weighted by Gasteiger charge is -2.22. The van der Waals surface area contributed by atoms with Crippen LogP contribution in [0, 0.1) is 0 Å². The first kappa shape index (κ1) is 8.46. The van der Waals surface area contributed by atoms with Crippen molar-refractivity contribution in [1.29, 1.82) is 0 Å².